The van der Waals surface area contributed by atoms with Gasteiger partial charge in [0.2, 0.25) is 0 Å². The number of carbonyl (C=O) groups is 1. The quantitative estimate of drug-likeness (QED) is 0.606. The SMILES string of the molecule is CC(C=O)c1cc(C(F)F)ccc1S. The van der Waals surface area contributed by atoms with Gasteiger partial charge in [-0.25, -0.2) is 8.78 Å². The molecule has 0 saturated heterocycles. The number of thiol groups is 1. The fourth-order valence-corrected chi connectivity index (χ4v) is 1.49. The predicted octanol–water partition coefficient (Wildman–Crippen LogP) is 3.22. The average Bonchev–Trinajstić information content (AvgIpc) is 2.17. The first-order valence-electron chi connectivity index (χ1n) is 4.12. The van der Waals surface area contributed by atoms with E-state index in [4.69, 9.17) is 0 Å². The van der Waals surface area contributed by atoms with Gasteiger partial charge in [0.15, 0.2) is 0 Å². The van der Waals surface area contributed by atoms with E-state index in [1.165, 1.54) is 18.2 Å². The maximum Gasteiger partial charge on any atom is 0.263 e. The van der Waals surface area contributed by atoms with Crippen molar-refractivity contribution in [1.82, 2.24) is 0 Å². The van der Waals surface area contributed by atoms with Crippen molar-refractivity contribution in [3.8, 4) is 0 Å². The molecule has 1 aromatic rings. The van der Waals surface area contributed by atoms with Crippen LogP contribution in [0.5, 0.6) is 0 Å². The van der Waals surface area contributed by atoms with Crippen LogP contribution in [-0.2, 0) is 4.79 Å². The largest absolute Gasteiger partial charge is 0.303 e. The monoisotopic (exact) mass is 216 g/mol. The van der Waals surface area contributed by atoms with Gasteiger partial charge in [-0.15, -0.1) is 12.6 Å². The summed E-state index contributed by atoms with van der Waals surface area (Å²) in [7, 11) is 0. The maximum absolute atomic E-state index is 12.3. The first kappa shape index (κ1) is 11.2. The molecule has 1 rings (SSSR count). The number of rotatable bonds is 3. The van der Waals surface area contributed by atoms with Gasteiger partial charge in [0, 0.05) is 16.4 Å². The summed E-state index contributed by atoms with van der Waals surface area (Å²) in [6.45, 7) is 1.65. The first-order chi connectivity index (χ1) is 6.56. The topological polar surface area (TPSA) is 17.1 Å². The van der Waals surface area contributed by atoms with Crippen LogP contribution >= 0.6 is 12.6 Å². The van der Waals surface area contributed by atoms with Gasteiger partial charge in [-0.3, -0.25) is 0 Å². The highest BCUT2D eigenvalue weighted by molar-refractivity contribution is 7.80. The number of halogens is 2. The standard InChI is InChI=1S/C10H10F2OS/c1-6(5-13)8-4-7(10(11)12)2-3-9(8)14/h2-6,10,14H,1H3. The summed E-state index contributed by atoms with van der Waals surface area (Å²) in [6.07, 6.45) is -1.80. The van der Waals surface area contributed by atoms with Gasteiger partial charge in [-0.05, 0) is 17.7 Å². The van der Waals surface area contributed by atoms with Gasteiger partial charge in [0.25, 0.3) is 6.43 Å². The molecule has 0 spiro atoms. The minimum Gasteiger partial charge on any atom is -0.303 e. The van der Waals surface area contributed by atoms with Gasteiger partial charge < -0.3 is 4.79 Å². The van der Waals surface area contributed by atoms with Crippen LogP contribution in [0.25, 0.3) is 0 Å². The third-order valence-corrected chi connectivity index (χ3v) is 2.41. The molecule has 0 radical (unpaired) electrons. The van der Waals surface area contributed by atoms with Crippen LogP contribution in [0.3, 0.4) is 0 Å². The highest BCUT2D eigenvalue weighted by Gasteiger charge is 2.12. The Hall–Kier alpha value is -0.900. The number of alkyl halides is 2. The Bertz CT molecular complexity index is 339. The molecule has 0 amide bonds. The van der Waals surface area contributed by atoms with Crippen LogP contribution in [0.4, 0.5) is 8.78 Å². The third kappa shape index (κ3) is 2.32. The molecule has 14 heavy (non-hydrogen) atoms. The van der Waals surface area contributed by atoms with Gasteiger partial charge >= 0.3 is 0 Å². The third-order valence-electron chi connectivity index (χ3n) is 2.00. The van der Waals surface area contributed by atoms with E-state index in [1.54, 1.807) is 6.92 Å². The molecule has 4 heteroatoms. The summed E-state index contributed by atoms with van der Waals surface area (Å²) in [4.78, 5) is 11.1. The van der Waals surface area contributed by atoms with E-state index in [1.807, 2.05) is 0 Å². The van der Waals surface area contributed by atoms with Crippen LogP contribution < -0.4 is 0 Å². The van der Waals surface area contributed by atoms with Crippen LogP contribution in [-0.4, -0.2) is 6.29 Å². The zero-order chi connectivity index (χ0) is 10.7. The highest BCUT2D eigenvalue weighted by atomic mass is 32.1. The average molecular weight is 216 g/mol. The Labute approximate surface area is 86.5 Å². The first-order valence-corrected chi connectivity index (χ1v) is 4.57. The molecule has 0 aliphatic rings. The summed E-state index contributed by atoms with van der Waals surface area (Å²) >= 11 is 4.10. The second-order valence-electron chi connectivity index (χ2n) is 3.04. The molecule has 0 bridgehead atoms. The molecule has 1 aromatic carbocycles. The lowest BCUT2D eigenvalue weighted by Crippen LogP contribution is -1.98. The molecule has 0 heterocycles. The molecular weight excluding hydrogens is 206 g/mol. The van der Waals surface area contributed by atoms with Gasteiger partial charge in [0.1, 0.15) is 6.29 Å². The Balaban J connectivity index is 3.14. The van der Waals surface area contributed by atoms with E-state index in [0.29, 0.717) is 16.7 Å². The van der Waals surface area contributed by atoms with Crippen molar-refractivity contribution in [3.05, 3.63) is 29.3 Å². The van der Waals surface area contributed by atoms with Gasteiger partial charge in [-0.1, -0.05) is 13.0 Å². The Morgan fingerprint density at radius 2 is 2.07 bits per heavy atom. The number of hydrogen-bond acceptors (Lipinski definition) is 2. The van der Waals surface area contributed by atoms with Gasteiger partial charge in [-0.2, -0.15) is 0 Å². The normalized spacial score (nSPS) is 12.9. The summed E-state index contributed by atoms with van der Waals surface area (Å²) in [5.41, 5.74) is 0.465. The van der Waals surface area contributed by atoms with E-state index < -0.39 is 12.3 Å². The molecule has 0 N–H and O–H groups in total. The lowest BCUT2D eigenvalue weighted by Gasteiger charge is -2.09. The summed E-state index contributed by atoms with van der Waals surface area (Å²) in [5.74, 6) is -0.402. The zero-order valence-corrected chi connectivity index (χ0v) is 8.47. The van der Waals surface area contributed by atoms with E-state index in [9.17, 15) is 13.6 Å². The highest BCUT2D eigenvalue weighted by Crippen LogP contribution is 2.27. The maximum atomic E-state index is 12.3. The Morgan fingerprint density at radius 3 is 2.57 bits per heavy atom. The van der Waals surface area contributed by atoms with Crippen molar-refractivity contribution in [3.63, 3.8) is 0 Å². The lowest BCUT2D eigenvalue weighted by atomic mass is 10.0. The van der Waals surface area contributed by atoms with Crippen LogP contribution in [0.1, 0.15) is 30.4 Å². The fraction of sp³-hybridized carbons (Fsp3) is 0.300. The van der Waals surface area contributed by atoms with Crippen LogP contribution in [0, 0.1) is 0 Å². The molecule has 0 fully saturated rings. The van der Waals surface area contributed by atoms with E-state index in [-0.39, 0.29) is 5.56 Å². The minimum atomic E-state index is -2.51. The zero-order valence-electron chi connectivity index (χ0n) is 7.58. The molecule has 1 nitrogen and oxygen atoms in total. The van der Waals surface area contributed by atoms with Crippen molar-refractivity contribution in [1.29, 1.82) is 0 Å². The molecule has 0 aromatic heterocycles. The molecule has 0 aliphatic heterocycles. The van der Waals surface area contributed by atoms with Crippen molar-refractivity contribution >= 4 is 18.9 Å². The molecule has 0 saturated carbocycles. The molecule has 1 atom stereocenters. The predicted molar refractivity (Wildman–Crippen MR) is 53.1 cm³/mol. The van der Waals surface area contributed by atoms with Crippen molar-refractivity contribution < 1.29 is 13.6 Å². The summed E-state index contributed by atoms with van der Waals surface area (Å²) in [5, 5.41) is 0. The molecular formula is C10H10F2OS. The number of hydrogen-bond donors (Lipinski definition) is 1. The van der Waals surface area contributed by atoms with E-state index >= 15 is 0 Å². The number of aldehydes is 1. The van der Waals surface area contributed by atoms with Crippen molar-refractivity contribution in [2.75, 3.05) is 0 Å². The molecule has 76 valence electrons. The summed E-state index contributed by atoms with van der Waals surface area (Å²) in [6, 6.07) is 4.13. The van der Waals surface area contributed by atoms with E-state index in [0.717, 1.165) is 0 Å². The van der Waals surface area contributed by atoms with Crippen LogP contribution in [0.15, 0.2) is 23.1 Å². The van der Waals surface area contributed by atoms with Crippen molar-refractivity contribution in [2.24, 2.45) is 0 Å². The molecule has 1 unspecified atom stereocenters. The summed E-state index contributed by atoms with van der Waals surface area (Å²) < 4.78 is 24.7. The van der Waals surface area contributed by atoms with Crippen LogP contribution in [0.2, 0.25) is 0 Å². The van der Waals surface area contributed by atoms with Crippen molar-refractivity contribution in [2.45, 2.75) is 24.2 Å². The van der Waals surface area contributed by atoms with E-state index in [2.05, 4.69) is 12.6 Å². The second-order valence-corrected chi connectivity index (χ2v) is 3.53. The fourth-order valence-electron chi connectivity index (χ4n) is 1.15. The smallest absolute Gasteiger partial charge is 0.263 e. The lowest BCUT2D eigenvalue weighted by molar-refractivity contribution is -0.108. The minimum absolute atomic E-state index is 0.0773. The number of benzene rings is 1. The number of carbonyl (C=O) groups excluding carboxylic acids is 1. The Kier molecular flexibility index (Phi) is 3.63. The van der Waals surface area contributed by atoms with Gasteiger partial charge in [0.05, 0.1) is 0 Å². The molecule has 0 aliphatic carbocycles. The Morgan fingerprint density at radius 1 is 1.43 bits per heavy atom. The second kappa shape index (κ2) is 4.55.